The lowest BCUT2D eigenvalue weighted by Crippen LogP contribution is -2.28. The van der Waals surface area contributed by atoms with Gasteiger partial charge in [0.1, 0.15) is 11.5 Å². The summed E-state index contributed by atoms with van der Waals surface area (Å²) in [4.78, 5) is 37.2. The van der Waals surface area contributed by atoms with Gasteiger partial charge < -0.3 is 14.5 Å². The second-order valence-corrected chi connectivity index (χ2v) is 7.50. The standard InChI is InChI=1S/C23H20FN3O4/c1-13(2)12-30-23(29)19-20(28)18(10-14-11-26-21-17(14)4-3-9-25-21)31-22(19)27-16-7-5-15(24)6-8-16/h3-11,13,19H,12H2,1-2H3,(H,25,26)/b18-10-,27-22?. The number of hydrogen-bond donors (Lipinski definition) is 1. The minimum absolute atomic E-state index is 0.0305. The molecule has 1 aromatic carbocycles. The van der Waals surface area contributed by atoms with Crippen LogP contribution in [0.15, 0.2) is 59.5 Å². The van der Waals surface area contributed by atoms with Crippen molar-refractivity contribution in [2.45, 2.75) is 13.8 Å². The highest BCUT2D eigenvalue weighted by Crippen LogP contribution is 2.29. The lowest BCUT2D eigenvalue weighted by atomic mass is 10.0. The van der Waals surface area contributed by atoms with Crippen LogP contribution in [0, 0.1) is 17.7 Å². The Bertz CT molecular complexity index is 1200. The summed E-state index contributed by atoms with van der Waals surface area (Å²) in [6, 6.07) is 8.96. The van der Waals surface area contributed by atoms with Crippen molar-refractivity contribution in [2.75, 3.05) is 6.61 Å². The lowest BCUT2D eigenvalue weighted by Gasteiger charge is -2.10. The highest BCUT2D eigenvalue weighted by Gasteiger charge is 2.45. The predicted octanol–water partition coefficient (Wildman–Crippen LogP) is 4.19. The maximum Gasteiger partial charge on any atom is 0.326 e. The molecule has 1 saturated heterocycles. The molecule has 0 saturated carbocycles. The summed E-state index contributed by atoms with van der Waals surface area (Å²) in [5.74, 6) is -3.05. The third-order valence-electron chi connectivity index (χ3n) is 4.60. The number of aromatic amines is 1. The molecule has 8 heteroatoms. The number of esters is 1. The highest BCUT2D eigenvalue weighted by molar-refractivity contribution is 6.27. The number of hydrogen-bond acceptors (Lipinski definition) is 6. The van der Waals surface area contributed by atoms with Crippen molar-refractivity contribution in [3.63, 3.8) is 0 Å². The fourth-order valence-electron chi connectivity index (χ4n) is 3.08. The Hall–Kier alpha value is -3.81. The van der Waals surface area contributed by atoms with Crippen molar-refractivity contribution in [1.29, 1.82) is 0 Å². The van der Waals surface area contributed by atoms with Crippen molar-refractivity contribution in [2.24, 2.45) is 16.8 Å². The summed E-state index contributed by atoms with van der Waals surface area (Å²) in [6.45, 7) is 3.95. The molecule has 0 spiro atoms. The summed E-state index contributed by atoms with van der Waals surface area (Å²) < 4.78 is 24.2. The third kappa shape index (κ3) is 4.37. The summed E-state index contributed by atoms with van der Waals surface area (Å²) in [7, 11) is 0. The molecule has 3 aromatic rings. The number of aliphatic imine (C=N–C) groups is 1. The Morgan fingerprint density at radius 1 is 1.32 bits per heavy atom. The van der Waals surface area contributed by atoms with E-state index < -0.39 is 23.5 Å². The number of fused-ring (bicyclic) bond motifs is 1. The molecule has 0 bridgehead atoms. The molecule has 1 atom stereocenters. The van der Waals surface area contributed by atoms with E-state index in [1.807, 2.05) is 19.9 Å². The number of Topliss-reactive ketones (excluding diaryl/α,β-unsaturated/α-hetero) is 1. The van der Waals surface area contributed by atoms with Crippen LogP contribution >= 0.6 is 0 Å². The summed E-state index contributed by atoms with van der Waals surface area (Å²) in [5.41, 5.74) is 1.69. The monoisotopic (exact) mass is 421 g/mol. The number of ether oxygens (including phenoxy) is 2. The molecule has 31 heavy (non-hydrogen) atoms. The van der Waals surface area contributed by atoms with Gasteiger partial charge in [-0.15, -0.1) is 0 Å². The van der Waals surface area contributed by atoms with Gasteiger partial charge in [-0.1, -0.05) is 13.8 Å². The Morgan fingerprint density at radius 3 is 2.84 bits per heavy atom. The minimum atomic E-state index is -1.32. The minimum Gasteiger partial charge on any atom is -0.464 e. The van der Waals surface area contributed by atoms with E-state index in [0.29, 0.717) is 16.9 Å². The van der Waals surface area contributed by atoms with E-state index in [9.17, 15) is 14.0 Å². The van der Waals surface area contributed by atoms with Crippen molar-refractivity contribution in [3.05, 3.63) is 65.9 Å². The number of nitrogens with zero attached hydrogens (tertiary/aromatic N) is 2. The van der Waals surface area contributed by atoms with Crippen LogP contribution in [-0.2, 0) is 19.1 Å². The average molecular weight is 421 g/mol. The molecule has 2 aromatic heterocycles. The molecule has 7 nitrogen and oxygen atoms in total. The number of rotatable bonds is 5. The molecule has 0 amide bonds. The molecule has 1 fully saturated rings. The molecule has 1 aliphatic heterocycles. The smallest absolute Gasteiger partial charge is 0.326 e. The second-order valence-electron chi connectivity index (χ2n) is 7.50. The van der Waals surface area contributed by atoms with Crippen LogP contribution in [0.1, 0.15) is 19.4 Å². The zero-order valence-electron chi connectivity index (χ0n) is 17.0. The van der Waals surface area contributed by atoms with E-state index in [1.54, 1.807) is 24.5 Å². The number of nitrogens with one attached hydrogen (secondary N) is 1. The number of ketones is 1. The lowest BCUT2D eigenvalue weighted by molar-refractivity contribution is -0.149. The second kappa shape index (κ2) is 8.51. The first-order valence-electron chi connectivity index (χ1n) is 9.79. The molecule has 158 valence electrons. The van der Waals surface area contributed by atoms with Gasteiger partial charge in [0.15, 0.2) is 11.7 Å². The van der Waals surface area contributed by atoms with Crippen LogP contribution in [-0.4, -0.2) is 34.2 Å². The van der Waals surface area contributed by atoms with Crippen LogP contribution in [0.5, 0.6) is 0 Å². The molecule has 1 aliphatic rings. The van der Waals surface area contributed by atoms with E-state index in [4.69, 9.17) is 9.47 Å². The van der Waals surface area contributed by atoms with Gasteiger partial charge in [-0.05, 0) is 48.4 Å². The number of halogens is 1. The Kier molecular flexibility index (Phi) is 5.62. The summed E-state index contributed by atoms with van der Waals surface area (Å²) in [5, 5.41) is 0.800. The molecule has 1 unspecified atom stereocenters. The number of H-pyrrole nitrogens is 1. The van der Waals surface area contributed by atoms with Crippen LogP contribution in [0.25, 0.3) is 17.1 Å². The van der Waals surface area contributed by atoms with Gasteiger partial charge in [0, 0.05) is 23.3 Å². The fraction of sp³-hybridized carbons (Fsp3) is 0.217. The highest BCUT2D eigenvalue weighted by atomic mass is 19.1. The van der Waals surface area contributed by atoms with Gasteiger partial charge in [-0.3, -0.25) is 9.59 Å². The Morgan fingerprint density at radius 2 is 2.10 bits per heavy atom. The normalized spacial score (nSPS) is 18.8. The van der Waals surface area contributed by atoms with Gasteiger partial charge in [-0.25, -0.2) is 14.4 Å². The van der Waals surface area contributed by atoms with E-state index in [-0.39, 0.29) is 24.2 Å². The van der Waals surface area contributed by atoms with Crippen LogP contribution in [0.3, 0.4) is 0 Å². The third-order valence-corrected chi connectivity index (χ3v) is 4.60. The van der Waals surface area contributed by atoms with E-state index in [2.05, 4.69) is 15.0 Å². The molecular formula is C23H20FN3O4. The largest absolute Gasteiger partial charge is 0.464 e. The quantitative estimate of drug-likeness (QED) is 0.379. The Labute approximate surface area is 177 Å². The molecule has 0 radical (unpaired) electrons. The number of carbonyl (C=O) groups is 2. The molecule has 4 rings (SSSR count). The Balaban J connectivity index is 1.71. The van der Waals surface area contributed by atoms with E-state index >= 15 is 0 Å². The van der Waals surface area contributed by atoms with Crippen molar-refractivity contribution >= 4 is 40.4 Å². The predicted molar refractivity (Wildman–Crippen MR) is 113 cm³/mol. The number of benzene rings is 1. The number of carbonyl (C=O) groups excluding carboxylic acids is 2. The SMILES string of the molecule is CC(C)COC(=O)C1C(=O)/C(=C/c2c[nH]c3ncccc23)OC1=Nc1ccc(F)cc1. The number of allylic oxidation sites excluding steroid dienone is 1. The summed E-state index contributed by atoms with van der Waals surface area (Å²) >= 11 is 0. The van der Waals surface area contributed by atoms with Gasteiger partial charge in [-0.2, -0.15) is 0 Å². The van der Waals surface area contributed by atoms with Gasteiger partial charge in [0.2, 0.25) is 11.7 Å². The molecule has 1 N–H and O–H groups in total. The first-order valence-corrected chi connectivity index (χ1v) is 9.79. The topological polar surface area (TPSA) is 93.6 Å². The van der Waals surface area contributed by atoms with Gasteiger partial charge in [0.25, 0.3) is 0 Å². The van der Waals surface area contributed by atoms with Crippen molar-refractivity contribution < 1.29 is 23.5 Å². The molecular weight excluding hydrogens is 401 g/mol. The van der Waals surface area contributed by atoms with Crippen molar-refractivity contribution in [3.8, 4) is 0 Å². The van der Waals surface area contributed by atoms with Crippen LogP contribution in [0.4, 0.5) is 10.1 Å². The van der Waals surface area contributed by atoms with Gasteiger partial charge in [0.05, 0.1) is 12.3 Å². The maximum atomic E-state index is 13.2. The van der Waals surface area contributed by atoms with E-state index in [1.165, 1.54) is 24.3 Å². The zero-order valence-corrected chi connectivity index (χ0v) is 17.0. The van der Waals surface area contributed by atoms with Crippen molar-refractivity contribution in [1.82, 2.24) is 9.97 Å². The number of aromatic nitrogens is 2. The first-order chi connectivity index (χ1) is 14.9. The number of pyridine rings is 1. The fourth-order valence-corrected chi connectivity index (χ4v) is 3.08. The van der Waals surface area contributed by atoms with E-state index in [0.717, 1.165) is 5.39 Å². The summed E-state index contributed by atoms with van der Waals surface area (Å²) in [6.07, 6.45) is 4.89. The average Bonchev–Trinajstić information content (AvgIpc) is 3.29. The van der Waals surface area contributed by atoms with Crippen LogP contribution < -0.4 is 0 Å². The molecule has 0 aliphatic carbocycles. The molecule has 3 heterocycles. The maximum absolute atomic E-state index is 13.2. The zero-order chi connectivity index (χ0) is 22.0. The first kappa shape index (κ1) is 20.5. The van der Waals surface area contributed by atoms with Gasteiger partial charge >= 0.3 is 5.97 Å². The van der Waals surface area contributed by atoms with Crippen LogP contribution in [0.2, 0.25) is 0 Å².